The number of Topliss-reactive ketones (excluding diaryl/α,β-unsaturated/α-hetero) is 2. The van der Waals surface area contributed by atoms with Crippen molar-refractivity contribution in [1.82, 2.24) is 0 Å². The number of benzene rings is 1. The Kier molecular flexibility index (Phi) is 3.09. The highest BCUT2D eigenvalue weighted by atomic mass is 79.9. The average Bonchev–Trinajstić information content (AvgIpc) is 3.14. The van der Waals surface area contributed by atoms with E-state index in [0.717, 1.165) is 34.9 Å². The van der Waals surface area contributed by atoms with Gasteiger partial charge >= 0.3 is 0 Å². The van der Waals surface area contributed by atoms with Crippen molar-refractivity contribution in [3.63, 3.8) is 0 Å². The Hall–Kier alpha value is -1.00. The van der Waals surface area contributed by atoms with Crippen molar-refractivity contribution in [2.45, 2.75) is 44.3 Å². The molecule has 0 aromatic heterocycles. The van der Waals surface area contributed by atoms with Gasteiger partial charge < -0.3 is 4.74 Å². The Morgan fingerprint density at radius 2 is 1.76 bits per heavy atom. The molecule has 3 aliphatic rings. The number of carbonyl (C=O) groups excluding carboxylic acids is 2. The van der Waals surface area contributed by atoms with Gasteiger partial charge in [-0.25, -0.2) is 0 Å². The van der Waals surface area contributed by atoms with E-state index < -0.39 is 5.92 Å². The number of ether oxygens (including phenoxy) is 1. The molecule has 1 aromatic rings. The number of halogens is 1. The van der Waals surface area contributed by atoms with E-state index in [-0.39, 0.29) is 35.6 Å². The molecule has 110 valence electrons. The quantitative estimate of drug-likeness (QED) is 0.771. The van der Waals surface area contributed by atoms with Crippen molar-refractivity contribution in [3.05, 3.63) is 33.8 Å². The molecular formula is C17H17BrO3. The molecule has 0 amide bonds. The third kappa shape index (κ3) is 1.82. The average molecular weight is 349 g/mol. The van der Waals surface area contributed by atoms with E-state index in [1.165, 1.54) is 0 Å². The lowest BCUT2D eigenvalue weighted by atomic mass is 9.81. The molecule has 1 aliphatic carbocycles. The van der Waals surface area contributed by atoms with Crippen LogP contribution >= 0.6 is 15.9 Å². The first-order chi connectivity index (χ1) is 10.1. The Bertz CT molecular complexity index is 611. The van der Waals surface area contributed by atoms with Gasteiger partial charge in [0.15, 0.2) is 11.6 Å². The summed E-state index contributed by atoms with van der Waals surface area (Å²) in [6.07, 6.45) is 2.66. The lowest BCUT2D eigenvalue weighted by Crippen LogP contribution is -2.29. The van der Waals surface area contributed by atoms with Crippen molar-refractivity contribution < 1.29 is 14.3 Å². The van der Waals surface area contributed by atoms with Crippen LogP contribution in [0.3, 0.4) is 0 Å². The van der Waals surface area contributed by atoms with E-state index in [4.69, 9.17) is 4.74 Å². The molecule has 0 radical (unpaired) electrons. The summed E-state index contributed by atoms with van der Waals surface area (Å²) in [5.41, 5.74) is 1.99. The number of rotatable bonds is 2. The third-order valence-electron chi connectivity index (χ3n) is 5.30. The molecule has 4 heteroatoms. The van der Waals surface area contributed by atoms with Crippen LogP contribution in [0, 0.1) is 11.8 Å². The van der Waals surface area contributed by atoms with Gasteiger partial charge in [0.2, 0.25) is 0 Å². The fourth-order valence-corrected chi connectivity index (χ4v) is 4.80. The molecular weight excluding hydrogens is 332 g/mol. The number of hydrogen-bond donors (Lipinski definition) is 0. The highest BCUT2D eigenvalue weighted by Gasteiger charge is 2.62. The largest absolute Gasteiger partial charge is 0.373 e. The van der Waals surface area contributed by atoms with Crippen molar-refractivity contribution in [3.8, 4) is 0 Å². The van der Waals surface area contributed by atoms with E-state index in [9.17, 15) is 9.59 Å². The zero-order valence-corrected chi connectivity index (χ0v) is 13.4. The van der Waals surface area contributed by atoms with Gasteiger partial charge in [-0.3, -0.25) is 9.59 Å². The van der Waals surface area contributed by atoms with E-state index in [2.05, 4.69) is 22.9 Å². The predicted molar refractivity (Wildman–Crippen MR) is 81.2 cm³/mol. The number of carbonyl (C=O) groups is 2. The topological polar surface area (TPSA) is 43.4 Å². The maximum absolute atomic E-state index is 12.8. The highest BCUT2D eigenvalue weighted by Crippen LogP contribution is 2.52. The Balaban J connectivity index is 1.77. The minimum atomic E-state index is -0.560. The summed E-state index contributed by atoms with van der Waals surface area (Å²) in [6, 6.07) is 5.89. The van der Waals surface area contributed by atoms with Gasteiger partial charge in [-0.2, -0.15) is 0 Å². The van der Waals surface area contributed by atoms with Crippen LogP contribution in [0.25, 0.3) is 0 Å². The van der Waals surface area contributed by atoms with Crippen LogP contribution in [0.1, 0.15) is 36.8 Å². The van der Waals surface area contributed by atoms with E-state index in [0.29, 0.717) is 0 Å². The Morgan fingerprint density at radius 3 is 2.33 bits per heavy atom. The lowest BCUT2D eigenvalue weighted by Gasteiger charge is -2.16. The summed E-state index contributed by atoms with van der Waals surface area (Å²) in [5.74, 6) is -0.747. The SMILES string of the molecule is CCc1cc(Br)ccc1C1C(=O)[C@@H]2C3CCC(O3)[C@@H]2C1=O. The Morgan fingerprint density at radius 1 is 1.14 bits per heavy atom. The van der Waals surface area contributed by atoms with Crippen LogP contribution in [-0.2, 0) is 20.7 Å². The summed E-state index contributed by atoms with van der Waals surface area (Å²) in [6.45, 7) is 2.06. The van der Waals surface area contributed by atoms with Gasteiger partial charge in [-0.05, 0) is 42.5 Å². The maximum atomic E-state index is 12.8. The molecule has 2 saturated heterocycles. The normalized spacial score (nSPS) is 37.3. The van der Waals surface area contributed by atoms with Crippen LogP contribution in [0.4, 0.5) is 0 Å². The molecule has 3 nitrogen and oxygen atoms in total. The molecule has 2 bridgehead atoms. The minimum absolute atomic E-state index is 0.0121. The van der Waals surface area contributed by atoms with Gasteiger partial charge in [0, 0.05) is 4.47 Å². The van der Waals surface area contributed by atoms with E-state index >= 15 is 0 Å². The molecule has 0 spiro atoms. The number of aryl methyl sites for hydroxylation is 1. The molecule has 2 heterocycles. The number of ketones is 2. The van der Waals surface area contributed by atoms with Crippen LogP contribution in [-0.4, -0.2) is 23.8 Å². The second-order valence-electron chi connectivity index (χ2n) is 6.28. The van der Waals surface area contributed by atoms with Crippen LogP contribution in [0.5, 0.6) is 0 Å². The molecule has 21 heavy (non-hydrogen) atoms. The zero-order chi connectivity index (χ0) is 14.7. The molecule has 1 saturated carbocycles. The summed E-state index contributed by atoms with van der Waals surface area (Å²) >= 11 is 3.46. The first-order valence-corrected chi connectivity index (χ1v) is 8.42. The molecule has 2 aliphatic heterocycles. The third-order valence-corrected chi connectivity index (χ3v) is 5.79. The van der Waals surface area contributed by atoms with Crippen molar-refractivity contribution in [2.24, 2.45) is 11.8 Å². The molecule has 1 aromatic carbocycles. The highest BCUT2D eigenvalue weighted by molar-refractivity contribution is 9.10. The van der Waals surface area contributed by atoms with E-state index in [1.807, 2.05) is 18.2 Å². The van der Waals surface area contributed by atoms with Crippen molar-refractivity contribution in [2.75, 3.05) is 0 Å². The fraction of sp³-hybridized carbons (Fsp3) is 0.529. The first-order valence-electron chi connectivity index (χ1n) is 7.63. The van der Waals surface area contributed by atoms with Crippen molar-refractivity contribution in [1.29, 1.82) is 0 Å². The maximum Gasteiger partial charge on any atom is 0.154 e. The molecule has 0 N–H and O–H groups in total. The fourth-order valence-electron chi connectivity index (χ4n) is 4.39. The monoisotopic (exact) mass is 348 g/mol. The smallest absolute Gasteiger partial charge is 0.154 e. The summed E-state index contributed by atoms with van der Waals surface area (Å²) in [5, 5.41) is 0. The summed E-state index contributed by atoms with van der Waals surface area (Å²) < 4.78 is 6.78. The first kappa shape index (κ1) is 13.6. The zero-order valence-electron chi connectivity index (χ0n) is 11.8. The predicted octanol–water partition coefficient (Wildman–Crippen LogP) is 3.04. The number of fused-ring (bicyclic) bond motifs is 5. The van der Waals surface area contributed by atoms with Crippen molar-refractivity contribution >= 4 is 27.5 Å². The lowest BCUT2D eigenvalue weighted by molar-refractivity contribution is -0.127. The second kappa shape index (κ2) is 4.75. The molecule has 4 rings (SSSR count). The number of hydrogen-bond acceptors (Lipinski definition) is 3. The van der Waals surface area contributed by atoms with Crippen LogP contribution in [0.15, 0.2) is 22.7 Å². The molecule has 5 atom stereocenters. The van der Waals surface area contributed by atoms with Gasteiger partial charge in [0.25, 0.3) is 0 Å². The van der Waals surface area contributed by atoms with Gasteiger partial charge in [0.1, 0.15) is 5.92 Å². The second-order valence-corrected chi connectivity index (χ2v) is 7.19. The molecule has 3 unspecified atom stereocenters. The minimum Gasteiger partial charge on any atom is -0.373 e. The molecule has 3 fully saturated rings. The van der Waals surface area contributed by atoms with Crippen LogP contribution in [0.2, 0.25) is 0 Å². The van der Waals surface area contributed by atoms with E-state index in [1.54, 1.807) is 0 Å². The Labute approximate surface area is 132 Å². The standard InChI is InChI=1S/C17H17BrO3/c1-2-8-7-9(18)3-4-10(8)13-16(19)14-11-5-6-12(21-11)15(14)17(13)20/h3-4,7,11-15H,2,5-6H2,1H3/t11?,12?,13?,14-,15+. The summed E-state index contributed by atoms with van der Waals surface area (Å²) in [4.78, 5) is 25.7. The van der Waals surface area contributed by atoms with Crippen LogP contribution < -0.4 is 0 Å². The van der Waals surface area contributed by atoms with Gasteiger partial charge in [-0.15, -0.1) is 0 Å². The van der Waals surface area contributed by atoms with Gasteiger partial charge in [0.05, 0.1) is 24.0 Å². The summed E-state index contributed by atoms with van der Waals surface area (Å²) in [7, 11) is 0. The van der Waals surface area contributed by atoms with Gasteiger partial charge in [-0.1, -0.05) is 28.9 Å².